The first-order valence-electron chi connectivity index (χ1n) is 6.77. The third-order valence-electron chi connectivity index (χ3n) is 2.97. The lowest BCUT2D eigenvalue weighted by Crippen LogP contribution is -2.18. The van der Waals surface area contributed by atoms with Crippen LogP contribution >= 0.6 is 0 Å². The van der Waals surface area contributed by atoms with Crippen molar-refractivity contribution in [2.75, 3.05) is 17.5 Å². The Labute approximate surface area is 127 Å². The van der Waals surface area contributed by atoms with Crippen LogP contribution in [0.25, 0.3) is 0 Å². The molecule has 0 unspecified atom stereocenters. The van der Waals surface area contributed by atoms with E-state index < -0.39 is 5.97 Å². The topological polar surface area (TPSA) is 75.1 Å². The average Bonchev–Trinajstić information content (AvgIpc) is 2.93. The van der Waals surface area contributed by atoms with E-state index in [0.717, 1.165) is 11.4 Å². The van der Waals surface area contributed by atoms with Crippen LogP contribution in [0.15, 0.2) is 70.9 Å². The third kappa shape index (κ3) is 3.29. The fraction of sp³-hybridized carbons (Fsp3) is 0.0625. The SMILES string of the molecule is O=C1OCC(=NNc2ccccc2)C1=NNc1ccccc1. The number of hydrogen-bond acceptors (Lipinski definition) is 6. The molecule has 0 spiro atoms. The second kappa shape index (κ2) is 6.53. The van der Waals surface area contributed by atoms with Crippen molar-refractivity contribution in [3.63, 3.8) is 0 Å². The van der Waals surface area contributed by atoms with Crippen LogP contribution in [0, 0.1) is 0 Å². The van der Waals surface area contributed by atoms with E-state index in [1.165, 1.54) is 0 Å². The molecule has 0 bridgehead atoms. The summed E-state index contributed by atoms with van der Waals surface area (Å²) in [6, 6.07) is 18.8. The molecule has 6 heteroatoms. The monoisotopic (exact) mass is 294 g/mol. The highest BCUT2D eigenvalue weighted by atomic mass is 16.5. The molecular formula is C16H14N4O2. The highest BCUT2D eigenvalue weighted by molar-refractivity contribution is 6.68. The number of nitrogens with zero attached hydrogens (tertiary/aromatic N) is 2. The van der Waals surface area contributed by atoms with E-state index in [1.807, 2.05) is 60.7 Å². The number of para-hydroxylation sites is 2. The first-order chi connectivity index (χ1) is 10.8. The highest BCUT2D eigenvalue weighted by Crippen LogP contribution is 2.09. The summed E-state index contributed by atoms with van der Waals surface area (Å²) in [5.74, 6) is -0.489. The fourth-order valence-corrected chi connectivity index (χ4v) is 1.86. The molecule has 22 heavy (non-hydrogen) atoms. The van der Waals surface area contributed by atoms with Gasteiger partial charge in [0.1, 0.15) is 12.3 Å². The Bertz CT molecular complexity index is 711. The van der Waals surface area contributed by atoms with Crippen LogP contribution < -0.4 is 10.9 Å². The van der Waals surface area contributed by atoms with Gasteiger partial charge >= 0.3 is 5.97 Å². The minimum atomic E-state index is -0.489. The number of anilines is 2. The summed E-state index contributed by atoms with van der Waals surface area (Å²) in [6.07, 6.45) is 0. The Morgan fingerprint density at radius 1 is 0.818 bits per heavy atom. The molecule has 0 atom stereocenters. The average molecular weight is 294 g/mol. The van der Waals surface area contributed by atoms with Gasteiger partial charge in [-0.3, -0.25) is 10.9 Å². The molecule has 2 aromatic rings. The highest BCUT2D eigenvalue weighted by Gasteiger charge is 2.29. The first-order valence-corrected chi connectivity index (χ1v) is 6.77. The predicted octanol–water partition coefficient (Wildman–Crippen LogP) is 2.48. The number of carbonyl (C=O) groups is 1. The zero-order valence-electron chi connectivity index (χ0n) is 11.7. The van der Waals surface area contributed by atoms with E-state index in [1.54, 1.807) is 0 Å². The Balaban J connectivity index is 1.74. The number of nitrogens with one attached hydrogen (secondary N) is 2. The summed E-state index contributed by atoms with van der Waals surface area (Å²) in [5, 5.41) is 8.28. The summed E-state index contributed by atoms with van der Waals surface area (Å²) in [4.78, 5) is 11.7. The molecule has 0 aromatic heterocycles. The Kier molecular flexibility index (Phi) is 4.10. The summed E-state index contributed by atoms with van der Waals surface area (Å²) >= 11 is 0. The summed E-state index contributed by atoms with van der Waals surface area (Å²) in [5.41, 5.74) is 7.94. The van der Waals surface area contributed by atoms with Crippen molar-refractivity contribution in [2.24, 2.45) is 10.2 Å². The first kappa shape index (κ1) is 13.8. The fourth-order valence-electron chi connectivity index (χ4n) is 1.86. The van der Waals surface area contributed by atoms with Crippen LogP contribution in [-0.4, -0.2) is 24.0 Å². The molecule has 0 amide bonds. The zero-order chi connectivity index (χ0) is 15.2. The van der Waals surface area contributed by atoms with Crippen LogP contribution in [0.1, 0.15) is 0 Å². The summed E-state index contributed by atoms with van der Waals surface area (Å²) < 4.78 is 4.97. The van der Waals surface area contributed by atoms with Crippen molar-refractivity contribution in [1.29, 1.82) is 0 Å². The number of hydrazone groups is 2. The second-order valence-corrected chi connectivity index (χ2v) is 4.55. The van der Waals surface area contributed by atoms with E-state index in [2.05, 4.69) is 21.1 Å². The predicted molar refractivity (Wildman–Crippen MR) is 86.0 cm³/mol. The van der Waals surface area contributed by atoms with Crippen molar-refractivity contribution < 1.29 is 9.53 Å². The number of benzene rings is 2. The normalized spacial score (nSPS) is 17.5. The summed E-state index contributed by atoms with van der Waals surface area (Å²) in [7, 11) is 0. The smallest absolute Gasteiger partial charge is 0.361 e. The maximum Gasteiger partial charge on any atom is 0.361 e. The molecule has 3 rings (SSSR count). The molecule has 1 heterocycles. The van der Waals surface area contributed by atoms with Gasteiger partial charge in [0.15, 0.2) is 5.71 Å². The molecule has 1 aliphatic heterocycles. The van der Waals surface area contributed by atoms with E-state index in [-0.39, 0.29) is 12.3 Å². The van der Waals surface area contributed by atoms with Gasteiger partial charge in [-0.15, -0.1) is 0 Å². The molecule has 1 fully saturated rings. The molecule has 2 N–H and O–H groups in total. The van der Waals surface area contributed by atoms with E-state index in [4.69, 9.17) is 4.74 Å². The number of cyclic esters (lactones) is 1. The molecule has 110 valence electrons. The second-order valence-electron chi connectivity index (χ2n) is 4.55. The minimum absolute atomic E-state index is 0.105. The largest absolute Gasteiger partial charge is 0.454 e. The van der Waals surface area contributed by atoms with Crippen LogP contribution in [0.4, 0.5) is 11.4 Å². The van der Waals surface area contributed by atoms with Crippen LogP contribution in [0.5, 0.6) is 0 Å². The van der Waals surface area contributed by atoms with Crippen molar-refractivity contribution in [3.8, 4) is 0 Å². The maximum absolute atomic E-state index is 11.7. The third-order valence-corrected chi connectivity index (χ3v) is 2.97. The molecule has 2 aromatic carbocycles. The molecule has 0 radical (unpaired) electrons. The quantitative estimate of drug-likeness (QED) is 0.671. The van der Waals surface area contributed by atoms with Crippen LogP contribution in [-0.2, 0) is 9.53 Å². The number of carbonyl (C=O) groups excluding carboxylic acids is 1. The Morgan fingerprint density at radius 3 is 1.95 bits per heavy atom. The molecule has 6 nitrogen and oxygen atoms in total. The molecule has 1 aliphatic rings. The van der Waals surface area contributed by atoms with E-state index in [9.17, 15) is 4.79 Å². The van der Waals surface area contributed by atoms with Gasteiger partial charge in [0.05, 0.1) is 11.4 Å². The van der Waals surface area contributed by atoms with Gasteiger partial charge in [0.2, 0.25) is 0 Å². The van der Waals surface area contributed by atoms with Crippen LogP contribution in [0.2, 0.25) is 0 Å². The standard InChI is InChI=1S/C16H14N4O2/c21-16-15(20-18-13-9-5-2-6-10-13)14(11-22-16)19-17-12-7-3-1-4-8-12/h1-10,17-18H,11H2. The van der Waals surface area contributed by atoms with Gasteiger partial charge in [0, 0.05) is 0 Å². The number of esters is 1. The maximum atomic E-state index is 11.7. The van der Waals surface area contributed by atoms with Gasteiger partial charge in [-0.25, -0.2) is 4.79 Å². The van der Waals surface area contributed by atoms with Crippen molar-refractivity contribution in [1.82, 2.24) is 0 Å². The summed E-state index contributed by atoms with van der Waals surface area (Å²) in [6.45, 7) is 0.105. The van der Waals surface area contributed by atoms with Crippen molar-refractivity contribution >= 4 is 28.8 Å². The van der Waals surface area contributed by atoms with Gasteiger partial charge in [0.25, 0.3) is 0 Å². The Morgan fingerprint density at radius 2 is 1.36 bits per heavy atom. The lowest BCUT2D eigenvalue weighted by atomic mass is 10.3. The number of hydrogen-bond donors (Lipinski definition) is 2. The van der Waals surface area contributed by atoms with Gasteiger partial charge < -0.3 is 4.74 Å². The molecular weight excluding hydrogens is 280 g/mol. The Hall–Kier alpha value is -3.15. The number of rotatable bonds is 4. The molecule has 0 saturated carbocycles. The van der Waals surface area contributed by atoms with Crippen LogP contribution in [0.3, 0.4) is 0 Å². The van der Waals surface area contributed by atoms with Gasteiger partial charge in [-0.1, -0.05) is 36.4 Å². The van der Waals surface area contributed by atoms with E-state index in [0.29, 0.717) is 5.71 Å². The molecule has 0 aliphatic carbocycles. The minimum Gasteiger partial charge on any atom is -0.454 e. The van der Waals surface area contributed by atoms with Gasteiger partial charge in [-0.05, 0) is 24.3 Å². The van der Waals surface area contributed by atoms with E-state index >= 15 is 0 Å². The lowest BCUT2D eigenvalue weighted by Gasteiger charge is -2.02. The van der Waals surface area contributed by atoms with Gasteiger partial charge in [-0.2, -0.15) is 10.2 Å². The van der Waals surface area contributed by atoms with Crippen molar-refractivity contribution in [2.45, 2.75) is 0 Å². The zero-order valence-corrected chi connectivity index (χ0v) is 11.7. The van der Waals surface area contributed by atoms with Crippen molar-refractivity contribution in [3.05, 3.63) is 60.7 Å². The number of ether oxygens (including phenoxy) is 1. The molecule has 1 saturated heterocycles. The lowest BCUT2D eigenvalue weighted by molar-refractivity contribution is -0.132.